The molecular weight excluding hydrogens is 234 g/mol. The van der Waals surface area contributed by atoms with Crippen LogP contribution in [0.1, 0.15) is 31.5 Å². The lowest BCUT2D eigenvalue weighted by Crippen LogP contribution is -2.36. The van der Waals surface area contributed by atoms with Gasteiger partial charge in [0.15, 0.2) is 0 Å². The fourth-order valence-corrected chi connectivity index (χ4v) is 2.12. The highest BCUT2D eigenvalue weighted by Gasteiger charge is 2.39. The van der Waals surface area contributed by atoms with Gasteiger partial charge in [-0.25, -0.2) is 0 Å². The fourth-order valence-electron chi connectivity index (χ4n) is 2.12. The first-order valence-corrected chi connectivity index (χ1v) is 6.36. The number of aromatic nitrogens is 2. The Hall–Kier alpha value is -0.980. The highest BCUT2D eigenvalue weighted by Crippen LogP contribution is 2.33. The summed E-state index contributed by atoms with van der Waals surface area (Å²) in [4.78, 5) is 4.45. The maximum Gasteiger partial charge on any atom is 0.227 e. The minimum absolute atomic E-state index is 0.339. The van der Waals surface area contributed by atoms with E-state index >= 15 is 0 Å². The van der Waals surface area contributed by atoms with Crippen molar-refractivity contribution in [1.82, 2.24) is 10.1 Å². The van der Waals surface area contributed by atoms with E-state index in [1.807, 2.05) is 0 Å². The van der Waals surface area contributed by atoms with Gasteiger partial charge in [-0.2, -0.15) is 4.98 Å². The van der Waals surface area contributed by atoms with Crippen molar-refractivity contribution in [3.63, 3.8) is 0 Å². The lowest BCUT2D eigenvalue weighted by Gasteiger charge is -2.32. The molecule has 2 heterocycles. The summed E-state index contributed by atoms with van der Waals surface area (Å²) in [6.45, 7) is 4.00. The summed E-state index contributed by atoms with van der Waals surface area (Å²) >= 11 is 0. The van der Waals surface area contributed by atoms with Crippen molar-refractivity contribution in [2.45, 2.75) is 31.8 Å². The molecule has 6 heteroatoms. The number of methoxy groups -OCH3 is 1. The average molecular weight is 255 g/mol. The second-order valence-electron chi connectivity index (χ2n) is 4.87. The number of rotatable bonds is 5. The van der Waals surface area contributed by atoms with Crippen molar-refractivity contribution in [3.05, 3.63) is 11.7 Å². The molecule has 18 heavy (non-hydrogen) atoms. The zero-order valence-corrected chi connectivity index (χ0v) is 11.0. The Balaban J connectivity index is 2.12. The van der Waals surface area contributed by atoms with Crippen molar-refractivity contribution in [2.75, 3.05) is 26.9 Å². The van der Waals surface area contributed by atoms with E-state index < -0.39 is 5.60 Å². The lowest BCUT2D eigenvalue weighted by atomic mass is 9.93. The van der Waals surface area contributed by atoms with Crippen LogP contribution in [0.15, 0.2) is 4.52 Å². The van der Waals surface area contributed by atoms with Crippen molar-refractivity contribution in [3.8, 4) is 0 Å². The normalized spacial score (nSPS) is 20.8. The van der Waals surface area contributed by atoms with Gasteiger partial charge in [-0.15, -0.1) is 0 Å². The Bertz CT molecular complexity index is 374. The smallest absolute Gasteiger partial charge is 0.227 e. The van der Waals surface area contributed by atoms with Gasteiger partial charge < -0.3 is 19.7 Å². The van der Waals surface area contributed by atoms with Crippen molar-refractivity contribution >= 4 is 0 Å². The Morgan fingerprint density at radius 1 is 1.44 bits per heavy atom. The maximum absolute atomic E-state index is 5.62. The second kappa shape index (κ2) is 5.77. The fraction of sp³-hybridized carbons (Fsp3) is 0.833. The molecule has 1 saturated heterocycles. The third-order valence-corrected chi connectivity index (χ3v) is 3.49. The summed E-state index contributed by atoms with van der Waals surface area (Å²) in [5.74, 6) is 1.60. The standard InChI is InChI=1S/C12H21N3O3/c1-9(8-13)7-10-14-11(15-18-10)12(16-2)3-5-17-6-4-12/h9H,3-8,13H2,1-2H3. The van der Waals surface area contributed by atoms with Crippen LogP contribution in [0.25, 0.3) is 0 Å². The molecule has 0 saturated carbocycles. The summed E-state index contributed by atoms with van der Waals surface area (Å²) in [6.07, 6.45) is 2.23. The first kappa shape index (κ1) is 13.5. The minimum atomic E-state index is -0.452. The topological polar surface area (TPSA) is 83.4 Å². The molecule has 2 N–H and O–H groups in total. The van der Waals surface area contributed by atoms with Gasteiger partial charge >= 0.3 is 0 Å². The second-order valence-corrected chi connectivity index (χ2v) is 4.87. The molecule has 0 spiro atoms. The summed E-state index contributed by atoms with van der Waals surface area (Å²) in [7, 11) is 1.68. The molecule has 0 aliphatic carbocycles. The molecule has 0 amide bonds. The monoisotopic (exact) mass is 255 g/mol. The highest BCUT2D eigenvalue weighted by atomic mass is 16.5. The van der Waals surface area contributed by atoms with Crippen molar-refractivity contribution in [1.29, 1.82) is 0 Å². The third kappa shape index (κ3) is 2.71. The van der Waals surface area contributed by atoms with Gasteiger partial charge in [-0.05, 0) is 12.5 Å². The van der Waals surface area contributed by atoms with Gasteiger partial charge in [-0.3, -0.25) is 0 Å². The molecule has 1 atom stereocenters. The summed E-state index contributed by atoms with van der Waals surface area (Å²) in [6, 6.07) is 0. The maximum atomic E-state index is 5.62. The molecule has 1 aromatic rings. The predicted molar refractivity (Wildman–Crippen MR) is 65.0 cm³/mol. The quantitative estimate of drug-likeness (QED) is 0.840. The van der Waals surface area contributed by atoms with E-state index in [2.05, 4.69) is 17.1 Å². The van der Waals surface area contributed by atoms with Crippen LogP contribution in [-0.2, 0) is 21.5 Å². The summed E-state index contributed by atoms with van der Waals surface area (Å²) in [5, 5.41) is 4.06. The number of nitrogens with zero attached hydrogens (tertiary/aromatic N) is 2. The summed E-state index contributed by atoms with van der Waals surface area (Å²) in [5.41, 5.74) is 5.14. The molecule has 0 aromatic carbocycles. The van der Waals surface area contributed by atoms with E-state index in [0.29, 0.717) is 43.8 Å². The van der Waals surface area contributed by atoms with Gasteiger partial charge in [0, 0.05) is 39.6 Å². The van der Waals surface area contributed by atoms with Crippen molar-refractivity contribution in [2.24, 2.45) is 11.7 Å². The van der Waals surface area contributed by atoms with E-state index in [-0.39, 0.29) is 0 Å². The number of nitrogens with two attached hydrogens (primary N) is 1. The van der Waals surface area contributed by atoms with Crippen LogP contribution in [-0.4, -0.2) is 37.0 Å². The molecule has 102 valence electrons. The SMILES string of the molecule is COC1(c2noc(CC(C)CN)n2)CCOCC1. The molecule has 1 fully saturated rings. The van der Waals surface area contributed by atoms with E-state index in [1.165, 1.54) is 0 Å². The lowest BCUT2D eigenvalue weighted by molar-refractivity contribution is -0.101. The molecule has 0 bridgehead atoms. The van der Waals surface area contributed by atoms with Crippen LogP contribution in [0, 0.1) is 5.92 Å². The van der Waals surface area contributed by atoms with Gasteiger partial charge in [-0.1, -0.05) is 12.1 Å². The van der Waals surface area contributed by atoms with E-state index in [4.69, 9.17) is 19.7 Å². The Morgan fingerprint density at radius 2 is 2.17 bits per heavy atom. The first-order chi connectivity index (χ1) is 8.70. The molecule has 2 rings (SSSR count). The molecule has 1 unspecified atom stereocenters. The average Bonchev–Trinajstić information content (AvgIpc) is 2.88. The predicted octanol–water partition coefficient (Wildman–Crippen LogP) is 0.859. The molecule has 0 radical (unpaired) electrons. The summed E-state index contributed by atoms with van der Waals surface area (Å²) < 4.78 is 16.3. The van der Waals surface area contributed by atoms with E-state index in [1.54, 1.807) is 7.11 Å². The Labute approximate surface area is 107 Å². The molecule has 6 nitrogen and oxygen atoms in total. The van der Waals surface area contributed by atoms with E-state index in [0.717, 1.165) is 12.8 Å². The van der Waals surface area contributed by atoms with Crippen LogP contribution in [0.3, 0.4) is 0 Å². The molecule has 1 aromatic heterocycles. The van der Waals surface area contributed by atoms with E-state index in [9.17, 15) is 0 Å². The molecule has 1 aliphatic heterocycles. The number of hydrogen-bond donors (Lipinski definition) is 1. The largest absolute Gasteiger partial charge is 0.381 e. The Kier molecular flexibility index (Phi) is 4.31. The van der Waals surface area contributed by atoms with Crippen LogP contribution < -0.4 is 5.73 Å². The van der Waals surface area contributed by atoms with Gasteiger partial charge in [0.25, 0.3) is 0 Å². The van der Waals surface area contributed by atoms with Crippen LogP contribution in [0.5, 0.6) is 0 Å². The molecular formula is C12H21N3O3. The van der Waals surface area contributed by atoms with Crippen LogP contribution in [0.2, 0.25) is 0 Å². The van der Waals surface area contributed by atoms with Crippen LogP contribution >= 0.6 is 0 Å². The Morgan fingerprint density at radius 3 is 2.78 bits per heavy atom. The zero-order chi connectivity index (χ0) is 13.0. The zero-order valence-electron chi connectivity index (χ0n) is 11.0. The van der Waals surface area contributed by atoms with Crippen LogP contribution in [0.4, 0.5) is 0 Å². The van der Waals surface area contributed by atoms with Gasteiger partial charge in [0.05, 0.1) is 0 Å². The minimum Gasteiger partial charge on any atom is -0.381 e. The van der Waals surface area contributed by atoms with Gasteiger partial charge in [0.1, 0.15) is 5.60 Å². The third-order valence-electron chi connectivity index (χ3n) is 3.49. The van der Waals surface area contributed by atoms with Gasteiger partial charge in [0.2, 0.25) is 11.7 Å². The first-order valence-electron chi connectivity index (χ1n) is 6.36. The number of hydrogen-bond acceptors (Lipinski definition) is 6. The number of ether oxygens (including phenoxy) is 2. The van der Waals surface area contributed by atoms with Crippen molar-refractivity contribution < 1.29 is 14.0 Å². The molecule has 1 aliphatic rings. The highest BCUT2D eigenvalue weighted by molar-refractivity contribution is 5.03.